The van der Waals surface area contributed by atoms with Gasteiger partial charge in [0, 0.05) is 12.1 Å². The molecule has 0 bridgehead atoms. The van der Waals surface area contributed by atoms with Crippen LogP contribution in [0.5, 0.6) is 0 Å². The molecule has 1 N–H and O–H groups in total. The van der Waals surface area contributed by atoms with E-state index in [-0.39, 0.29) is 31.2 Å². The standard InChI is InChI=1S/C15H6ClF4IN2O5/c16-6-2-7(17)11(5-1-8(13(25)26)28-12(5)6)23-10(24)3-9(15(18,19)20)22(4-21)14(23)27/h1-3H,4H2,(H,25,26). The molecule has 0 fully saturated rings. The number of hydrogen-bond donors (Lipinski definition) is 1. The van der Waals surface area contributed by atoms with E-state index in [0.29, 0.717) is 6.07 Å². The number of hydrogen-bond acceptors (Lipinski definition) is 4. The number of carboxylic acid groups (broad SMARTS) is 1. The number of halogens is 6. The van der Waals surface area contributed by atoms with E-state index < -0.39 is 50.9 Å². The number of carboxylic acids is 1. The largest absolute Gasteiger partial charge is 0.475 e. The highest BCUT2D eigenvalue weighted by Gasteiger charge is 2.36. The van der Waals surface area contributed by atoms with E-state index in [0.717, 1.165) is 6.07 Å². The van der Waals surface area contributed by atoms with Gasteiger partial charge in [-0.1, -0.05) is 34.2 Å². The fourth-order valence-electron chi connectivity index (χ4n) is 2.58. The Morgan fingerprint density at radius 1 is 1.25 bits per heavy atom. The maximum Gasteiger partial charge on any atom is 0.431 e. The molecule has 0 saturated carbocycles. The Morgan fingerprint density at radius 3 is 2.43 bits per heavy atom. The molecular weight excluding hydrogens is 527 g/mol. The first kappa shape index (κ1) is 20.4. The number of nitrogens with zero attached hydrogens (tertiary/aromatic N) is 2. The lowest BCUT2D eigenvalue weighted by Crippen LogP contribution is -2.41. The summed E-state index contributed by atoms with van der Waals surface area (Å²) in [6, 6.07) is 1.63. The van der Waals surface area contributed by atoms with Gasteiger partial charge in [-0.05, 0) is 6.07 Å². The van der Waals surface area contributed by atoms with Gasteiger partial charge in [0.1, 0.15) is 17.2 Å². The van der Waals surface area contributed by atoms with Crippen molar-refractivity contribution < 1.29 is 31.9 Å². The SMILES string of the molecule is O=C(O)c1cc2c(-n3c(=O)cc(C(F)(F)F)n(CI)c3=O)c(F)cc(Cl)c2o1. The van der Waals surface area contributed by atoms with Crippen molar-refractivity contribution in [3.05, 3.63) is 61.3 Å². The Hall–Kier alpha value is -2.35. The summed E-state index contributed by atoms with van der Waals surface area (Å²) in [5.41, 5.74) is -5.54. The highest BCUT2D eigenvalue weighted by molar-refractivity contribution is 14.1. The van der Waals surface area contributed by atoms with E-state index in [4.69, 9.17) is 21.1 Å². The molecule has 0 aliphatic rings. The Morgan fingerprint density at radius 2 is 1.89 bits per heavy atom. The number of furan rings is 1. The lowest BCUT2D eigenvalue weighted by atomic mass is 10.2. The van der Waals surface area contributed by atoms with Gasteiger partial charge < -0.3 is 9.52 Å². The normalized spacial score (nSPS) is 11.9. The number of aromatic carboxylic acids is 1. The molecule has 28 heavy (non-hydrogen) atoms. The van der Waals surface area contributed by atoms with Crippen molar-refractivity contribution in [1.29, 1.82) is 0 Å². The van der Waals surface area contributed by atoms with Crippen LogP contribution in [0.15, 0.2) is 32.2 Å². The first-order chi connectivity index (χ1) is 13.0. The minimum absolute atomic E-state index is 0.151. The molecule has 2 aromatic heterocycles. The van der Waals surface area contributed by atoms with Crippen LogP contribution in [-0.4, -0.2) is 20.2 Å². The molecular formula is C15H6ClF4IN2O5. The molecule has 148 valence electrons. The Balaban J connectivity index is 2.49. The monoisotopic (exact) mass is 532 g/mol. The summed E-state index contributed by atoms with van der Waals surface area (Å²) >= 11 is 7.29. The first-order valence-corrected chi connectivity index (χ1v) is 9.03. The number of fused-ring (bicyclic) bond motifs is 1. The lowest BCUT2D eigenvalue weighted by molar-refractivity contribution is -0.144. The zero-order valence-electron chi connectivity index (χ0n) is 13.2. The summed E-state index contributed by atoms with van der Waals surface area (Å²) in [6.45, 7) is 0. The average Bonchev–Trinajstić information content (AvgIpc) is 3.02. The van der Waals surface area contributed by atoms with Crippen LogP contribution in [0, 0.1) is 5.82 Å². The summed E-state index contributed by atoms with van der Waals surface area (Å²) in [5.74, 6) is -3.44. The topological polar surface area (TPSA) is 94.4 Å². The first-order valence-electron chi connectivity index (χ1n) is 7.12. The predicted octanol–water partition coefficient (Wildman–Crippen LogP) is 3.65. The minimum atomic E-state index is -5.00. The van der Waals surface area contributed by atoms with Gasteiger partial charge in [-0.3, -0.25) is 9.36 Å². The second-order valence-corrected chi connectivity index (χ2v) is 6.47. The fraction of sp³-hybridized carbons (Fsp3) is 0.133. The number of carbonyl (C=O) groups is 1. The third-order valence-corrected chi connectivity index (χ3v) is 4.68. The van der Waals surface area contributed by atoms with Crippen LogP contribution in [0.25, 0.3) is 16.7 Å². The van der Waals surface area contributed by atoms with Gasteiger partial charge in [0.25, 0.3) is 5.56 Å². The quantitative estimate of drug-likeness (QED) is 0.316. The second-order valence-electron chi connectivity index (χ2n) is 5.38. The fourth-order valence-corrected chi connectivity index (χ4v) is 3.48. The van der Waals surface area contributed by atoms with Crippen LogP contribution in [0.1, 0.15) is 16.2 Å². The van der Waals surface area contributed by atoms with Crippen molar-refractivity contribution in [3.8, 4) is 5.69 Å². The second kappa shape index (κ2) is 6.92. The molecule has 0 amide bonds. The summed E-state index contributed by atoms with van der Waals surface area (Å²) in [7, 11) is 0. The van der Waals surface area contributed by atoms with E-state index in [2.05, 4.69) is 0 Å². The smallest absolute Gasteiger partial charge is 0.431 e. The van der Waals surface area contributed by atoms with Crippen LogP contribution in [0.2, 0.25) is 5.02 Å². The Labute approximate surface area is 169 Å². The number of benzene rings is 1. The van der Waals surface area contributed by atoms with E-state index in [9.17, 15) is 31.9 Å². The van der Waals surface area contributed by atoms with Crippen LogP contribution in [0.3, 0.4) is 0 Å². The van der Waals surface area contributed by atoms with Crippen molar-refractivity contribution in [3.63, 3.8) is 0 Å². The Kier molecular flexibility index (Phi) is 5.04. The van der Waals surface area contributed by atoms with Crippen molar-refractivity contribution in [1.82, 2.24) is 9.13 Å². The van der Waals surface area contributed by atoms with Gasteiger partial charge >= 0.3 is 17.8 Å². The molecule has 7 nitrogen and oxygen atoms in total. The predicted molar refractivity (Wildman–Crippen MR) is 97.0 cm³/mol. The van der Waals surface area contributed by atoms with Crippen molar-refractivity contribution in [2.45, 2.75) is 10.7 Å². The molecule has 0 atom stereocenters. The maximum absolute atomic E-state index is 14.6. The summed E-state index contributed by atoms with van der Waals surface area (Å²) < 4.78 is 58.9. The van der Waals surface area contributed by atoms with E-state index in [1.54, 1.807) is 0 Å². The molecule has 13 heteroatoms. The van der Waals surface area contributed by atoms with E-state index in [1.165, 1.54) is 22.6 Å². The third-order valence-electron chi connectivity index (χ3n) is 3.72. The third kappa shape index (κ3) is 3.19. The van der Waals surface area contributed by atoms with Crippen LogP contribution >= 0.6 is 34.2 Å². The van der Waals surface area contributed by atoms with Gasteiger partial charge in [0.15, 0.2) is 5.58 Å². The molecule has 0 unspecified atom stereocenters. The molecule has 0 aliphatic carbocycles. The van der Waals surface area contributed by atoms with Crippen molar-refractivity contribution in [2.24, 2.45) is 0 Å². The van der Waals surface area contributed by atoms with Crippen molar-refractivity contribution in [2.75, 3.05) is 0 Å². The molecule has 3 aromatic rings. The summed E-state index contributed by atoms with van der Waals surface area (Å²) in [5, 5.41) is 8.32. The zero-order valence-corrected chi connectivity index (χ0v) is 16.1. The van der Waals surface area contributed by atoms with Gasteiger partial charge in [0.2, 0.25) is 5.76 Å². The van der Waals surface area contributed by atoms with E-state index in [1.807, 2.05) is 0 Å². The van der Waals surface area contributed by atoms with Crippen LogP contribution in [-0.2, 0) is 10.7 Å². The molecule has 0 spiro atoms. The maximum atomic E-state index is 14.6. The van der Waals surface area contributed by atoms with Crippen LogP contribution < -0.4 is 11.2 Å². The van der Waals surface area contributed by atoms with Gasteiger partial charge in [-0.2, -0.15) is 13.2 Å². The van der Waals surface area contributed by atoms with Crippen molar-refractivity contribution >= 4 is 51.1 Å². The summed E-state index contributed by atoms with van der Waals surface area (Å²) in [4.78, 5) is 36.0. The number of rotatable bonds is 3. The molecule has 2 heterocycles. The molecule has 3 rings (SSSR count). The van der Waals surface area contributed by atoms with Crippen LogP contribution in [0.4, 0.5) is 17.6 Å². The van der Waals surface area contributed by atoms with E-state index >= 15 is 0 Å². The molecule has 0 radical (unpaired) electrons. The highest BCUT2D eigenvalue weighted by Crippen LogP contribution is 2.34. The minimum Gasteiger partial charge on any atom is -0.475 e. The highest BCUT2D eigenvalue weighted by atomic mass is 127. The average molecular weight is 533 g/mol. The molecule has 1 aromatic carbocycles. The van der Waals surface area contributed by atoms with Gasteiger partial charge in [0.05, 0.1) is 15.0 Å². The van der Waals surface area contributed by atoms with Gasteiger partial charge in [-0.25, -0.2) is 18.5 Å². The number of aromatic nitrogens is 2. The Bertz CT molecular complexity index is 1240. The van der Waals surface area contributed by atoms with Gasteiger partial charge in [-0.15, -0.1) is 0 Å². The molecule has 0 aliphatic heterocycles. The lowest BCUT2D eigenvalue weighted by Gasteiger charge is -2.16. The summed E-state index contributed by atoms with van der Waals surface area (Å²) in [6.07, 6.45) is -5.00. The zero-order chi connectivity index (χ0) is 21.0. The number of alkyl halides is 4. The molecule has 0 saturated heterocycles.